The Hall–Kier alpha value is -2.47. The molecule has 1 saturated carbocycles. The maximum atomic E-state index is 13.1. The zero-order valence-corrected chi connectivity index (χ0v) is 20.9. The summed E-state index contributed by atoms with van der Waals surface area (Å²) in [5.74, 6) is -0.326. The van der Waals surface area contributed by atoms with E-state index in [4.69, 9.17) is 4.74 Å². The first-order valence-electron chi connectivity index (χ1n) is 10.4. The Labute approximate surface area is 195 Å². The van der Waals surface area contributed by atoms with Crippen molar-refractivity contribution >= 4 is 31.6 Å². The normalized spacial score (nSPS) is 14.7. The van der Waals surface area contributed by atoms with Crippen LogP contribution in [0.4, 0.5) is 5.69 Å². The molecule has 1 amide bonds. The van der Waals surface area contributed by atoms with Crippen LogP contribution < -0.4 is 19.5 Å². The molecular weight excluding hydrogens is 466 g/mol. The molecule has 0 atom stereocenters. The van der Waals surface area contributed by atoms with Gasteiger partial charge in [0.05, 0.1) is 22.6 Å². The molecule has 11 heteroatoms. The molecule has 0 aliphatic heterocycles. The summed E-state index contributed by atoms with van der Waals surface area (Å²) in [5, 5.41) is 2.66. The molecule has 0 aromatic heterocycles. The fourth-order valence-electron chi connectivity index (χ4n) is 3.11. The van der Waals surface area contributed by atoms with Gasteiger partial charge in [-0.2, -0.15) is 0 Å². The van der Waals surface area contributed by atoms with E-state index in [0.29, 0.717) is 5.56 Å². The highest BCUT2D eigenvalue weighted by molar-refractivity contribution is 7.89. The summed E-state index contributed by atoms with van der Waals surface area (Å²) in [6.45, 7) is 6.84. The summed E-state index contributed by atoms with van der Waals surface area (Å²) in [4.78, 5) is 13.0. The minimum atomic E-state index is -3.85. The molecule has 0 bridgehead atoms. The minimum absolute atomic E-state index is 0.00655. The smallest absolute Gasteiger partial charge is 0.256 e. The van der Waals surface area contributed by atoms with Crippen LogP contribution in [0.25, 0.3) is 0 Å². The summed E-state index contributed by atoms with van der Waals surface area (Å²) < 4.78 is 61.0. The van der Waals surface area contributed by atoms with E-state index in [1.807, 2.05) is 0 Å². The van der Waals surface area contributed by atoms with Crippen molar-refractivity contribution in [1.29, 1.82) is 0 Å². The van der Waals surface area contributed by atoms with Gasteiger partial charge in [0.2, 0.25) is 20.0 Å². The maximum absolute atomic E-state index is 13.1. The van der Waals surface area contributed by atoms with Gasteiger partial charge in [0.1, 0.15) is 5.75 Å². The Morgan fingerprint density at radius 1 is 0.970 bits per heavy atom. The van der Waals surface area contributed by atoms with E-state index in [2.05, 4.69) is 14.8 Å². The number of anilines is 1. The monoisotopic (exact) mass is 495 g/mol. The zero-order valence-electron chi connectivity index (χ0n) is 19.2. The van der Waals surface area contributed by atoms with E-state index < -0.39 is 31.5 Å². The number of carbonyl (C=O) groups excluding carboxylic acids is 1. The number of rotatable bonds is 8. The fraction of sp³-hybridized carbons (Fsp3) is 0.409. The second-order valence-electron chi connectivity index (χ2n) is 9.04. The molecule has 0 spiro atoms. The highest BCUT2D eigenvalue weighted by Crippen LogP contribution is 2.30. The number of ether oxygens (including phenoxy) is 1. The SMILES string of the molecule is COc1ccc(S(=O)(=O)NC2CC2)cc1NC(=O)c1cc(S(=O)(=O)NC(C)(C)C)ccc1C. The van der Waals surface area contributed by atoms with Crippen LogP contribution in [-0.2, 0) is 20.0 Å². The number of sulfonamides is 2. The minimum Gasteiger partial charge on any atom is -0.495 e. The van der Waals surface area contributed by atoms with Crippen LogP contribution in [0.5, 0.6) is 5.75 Å². The highest BCUT2D eigenvalue weighted by atomic mass is 32.2. The molecule has 33 heavy (non-hydrogen) atoms. The molecule has 3 rings (SSSR count). The molecule has 1 aliphatic rings. The largest absolute Gasteiger partial charge is 0.495 e. The molecule has 2 aromatic carbocycles. The average molecular weight is 496 g/mol. The number of carbonyl (C=O) groups is 1. The lowest BCUT2D eigenvalue weighted by molar-refractivity contribution is 0.102. The second kappa shape index (κ2) is 9.05. The molecule has 1 aliphatic carbocycles. The van der Waals surface area contributed by atoms with Crippen molar-refractivity contribution in [2.45, 2.75) is 61.9 Å². The van der Waals surface area contributed by atoms with E-state index in [0.717, 1.165) is 12.8 Å². The molecule has 0 unspecified atom stereocenters. The third-order valence-electron chi connectivity index (χ3n) is 4.83. The molecule has 0 saturated heterocycles. The Bertz CT molecular complexity index is 1280. The van der Waals surface area contributed by atoms with Crippen molar-refractivity contribution in [1.82, 2.24) is 9.44 Å². The summed E-state index contributed by atoms with van der Waals surface area (Å²) >= 11 is 0. The van der Waals surface area contributed by atoms with Crippen LogP contribution >= 0.6 is 0 Å². The lowest BCUT2D eigenvalue weighted by atomic mass is 10.1. The van der Waals surface area contributed by atoms with Crippen LogP contribution in [-0.4, -0.2) is 41.4 Å². The van der Waals surface area contributed by atoms with Gasteiger partial charge in [-0.1, -0.05) is 6.07 Å². The van der Waals surface area contributed by atoms with Gasteiger partial charge >= 0.3 is 0 Å². The Balaban J connectivity index is 1.93. The van der Waals surface area contributed by atoms with Crippen molar-refractivity contribution in [3.8, 4) is 5.75 Å². The number of aryl methyl sites for hydroxylation is 1. The first kappa shape index (κ1) is 25.2. The van der Waals surface area contributed by atoms with Crippen molar-refractivity contribution in [3.05, 3.63) is 47.5 Å². The lowest BCUT2D eigenvalue weighted by Crippen LogP contribution is -2.40. The molecule has 0 radical (unpaired) electrons. The van der Waals surface area contributed by atoms with Crippen LogP contribution in [0.1, 0.15) is 49.5 Å². The van der Waals surface area contributed by atoms with Crippen LogP contribution in [0, 0.1) is 6.92 Å². The van der Waals surface area contributed by atoms with Crippen LogP contribution in [0.2, 0.25) is 0 Å². The summed E-state index contributed by atoms with van der Waals surface area (Å²) in [6, 6.07) is 8.37. The molecule has 9 nitrogen and oxygen atoms in total. The third kappa shape index (κ3) is 6.32. The second-order valence-corrected chi connectivity index (χ2v) is 12.4. The first-order chi connectivity index (χ1) is 15.2. The quantitative estimate of drug-likeness (QED) is 0.516. The van der Waals surface area contributed by atoms with Gasteiger partial charge in [-0.3, -0.25) is 4.79 Å². The predicted octanol–water partition coefficient (Wildman–Crippen LogP) is 2.77. The van der Waals surface area contributed by atoms with Crippen molar-refractivity contribution in [2.24, 2.45) is 0 Å². The van der Waals surface area contributed by atoms with Gasteiger partial charge in [0.15, 0.2) is 0 Å². The first-order valence-corrected chi connectivity index (χ1v) is 13.3. The van der Waals surface area contributed by atoms with Crippen LogP contribution in [0.15, 0.2) is 46.2 Å². The average Bonchev–Trinajstić information content (AvgIpc) is 3.49. The molecule has 0 heterocycles. The lowest BCUT2D eigenvalue weighted by Gasteiger charge is -2.21. The highest BCUT2D eigenvalue weighted by Gasteiger charge is 2.29. The summed E-state index contributed by atoms with van der Waals surface area (Å²) in [5.41, 5.74) is 0.153. The van der Waals surface area contributed by atoms with Crippen LogP contribution in [0.3, 0.4) is 0 Å². The number of methoxy groups -OCH3 is 1. The Morgan fingerprint density at radius 3 is 2.15 bits per heavy atom. The van der Waals surface area contributed by atoms with Gasteiger partial charge in [-0.15, -0.1) is 0 Å². The van der Waals surface area contributed by atoms with Gasteiger partial charge in [-0.25, -0.2) is 26.3 Å². The van der Waals surface area contributed by atoms with Crippen molar-refractivity contribution < 1.29 is 26.4 Å². The molecule has 180 valence electrons. The summed E-state index contributed by atoms with van der Waals surface area (Å²) in [7, 11) is -6.19. The van der Waals surface area contributed by atoms with Gasteiger partial charge < -0.3 is 10.1 Å². The topological polar surface area (TPSA) is 131 Å². The van der Waals surface area contributed by atoms with Gasteiger partial charge in [-0.05, 0) is 76.4 Å². The Kier molecular flexibility index (Phi) is 6.90. The molecule has 1 fully saturated rings. The number of amides is 1. The van der Waals surface area contributed by atoms with Crippen molar-refractivity contribution in [3.63, 3.8) is 0 Å². The van der Waals surface area contributed by atoms with E-state index >= 15 is 0 Å². The number of hydrogen-bond acceptors (Lipinski definition) is 6. The van der Waals surface area contributed by atoms with Gasteiger partial charge in [0.25, 0.3) is 5.91 Å². The molecule has 3 N–H and O–H groups in total. The maximum Gasteiger partial charge on any atom is 0.256 e. The van der Waals surface area contributed by atoms with E-state index in [-0.39, 0.29) is 32.8 Å². The number of benzene rings is 2. The summed E-state index contributed by atoms with van der Waals surface area (Å²) in [6.07, 6.45) is 1.59. The van der Waals surface area contributed by atoms with Gasteiger partial charge in [0, 0.05) is 17.1 Å². The predicted molar refractivity (Wildman–Crippen MR) is 126 cm³/mol. The van der Waals surface area contributed by atoms with E-state index in [1.54, 1.807) is 33.8 Å². The number of hydrogen-bond donors (Lipinski definition) is 3. The molecule has 2 aromatic rings. The zero-order chi connectivity index (χ0) is 24.6. The van der Waals surface area contributed by atoms with Crippen molar-refractivity contribution in [2.75, 3.05) is 12.4 Å². The Morgan fingerprint density at radius 2 is 1.58 bits per heavy atom. The molecular formula is C22H29N3O6S2. The van der Waals surface area contributed by atoms with E-state index in [1.165, 1.54) is 37.4 Å². The fourth-order valence-corrected chi connectivity index (χ4v) is 5.88. The van der Waals surface area contributed by atoms with E-state index in [9.17, 15) is 21.6 Å². The third-order valence-corrected chi connectivity index (χ3v) is 8.11. The number of nitrogens with one attached hydrogen (secondary N) is 3. The standard InChI is InChI=1S/C22H29N3O6S2/c1-14-6-9-16(33(29,30)25-22(2,3)4)12-18(14)21(26)23-19-13-17(10-11-20(19)31-5)32(27,28)24-15-7-8-15/h6,9-13,15,24-25H,7-8H2,1-5H3,(H,23,26).